The Morgan fingerprint density at radius 3 is 2.88 bits per heavy atom. The Hall–Kier alpha value is -0.930. The number of rotatable bonds is 1. The Morgan fingerprint density at radius 1 is 1.35 bits per heavy atom. The second-order valence-electron chi connectivity index (χ2n) is 5.93. The fraction of sp³-hybridized carbons (Fsp3) is 0.643. The molecule has 3 aliphatic heterocycles. The molecule has 4 heterocycles. The summed E-state index contributed by atoms with van der Waals surface area (Å²) in [6, 6.07) is 4.39. The van der Waals surface area contributed by atoms with E-state index in [0.717, 1.165) is 5.92 Å². The molecular formula is C14H20N3+. The van der Waals surface area contributed by atoms with Gasteiger partial charge in [0.15, 0.2) is 5.69 Å². The van der Waals surface area contributed by atoms with Crippen molar-refractivity contribution in [3.05, 3.63) is 24.5 Å². The lowest BCUT2D eigenvalue weighted by atomic mass is 9.84. The number of quaternary nitrogens is 1. The van der Waals surface area contributed by atoms with E-state index in [1.165, 1.54) is 55.6 Å². The average Bonchev–Trinajstić information content (AvgIpc) is 3.09. The first-order valence-corrected chi connectivity index (χ1v) is 6.86. The molecular weight excluding hydrogens is 210 g/mol. The molecule has 1 spiro atoms. The zero-order chi connectivity index (χ0) is 11.3. The van der Waals surface area contributed by atoms with Gasteiger partial charge in [-0.2, -0.15) is 0 Å². The van der Waals surface area contributed by atoms with E-state index >= 15 is 0 Å². The van der Waals surface area contributed by atoms with Crippen molar-refractivity contribution in [2.75, 3.05) is 26.2 Å². The number of aromatic nitrogens is 1. The zero-order valence-electron chi connectivity index (χ0n) is 10.2. The van der Waals surface area contributed by atoms with Gasteiger partial charge >= 0.3 is 0 Å². The number of nitrogens with zero attached hydrogens (tertiary/aromatic N) is 2. The minimum Gasteiger partial charge on any atom is -0.311 e. The van der Waals surface area contributed by atoms with Crippen LogP contribution < -0.4 is 9.80 Å². The monoisotopic (exact) mass is 230 g/mol. The molecule has 4 rings (SSSR count). The van der Waals surface area contributed by atoms with E-state index in [9.17, 15) is 0 Å². The van der Waals surface area contributed by atoms with E-state index in [0.29, 0.717) is 5.54 Å². The van der Waals surface area contributed by atoms with Crippen LogP contribution in [0.5, 0.6) is 0 Å². The first kappa shape index (κ1) is 10.0. The molecule has 3 nitrogen and oxygen atoms in total. The summed E-state index contributed by atoms with van der Waals surface area (Å²) in [5.41, 5.74) is 1.96. The molecule has 3 heteroatoms. The van der Waals surface area contributed by atoms with E-state index in [2.05, 4.69) is 28.6 Å². The van der Waals surface area contributed by atoms with Crippen molar-refractivity contribution in [3.8, 4) is 0 Å². The van der Waals surface area contributed by atoms with Crippen molar-refractivity contribution in [1.29, 1.82) is 0 Å². The van der Waals surface area contributed by atoms with Gasteiger partial charge in [0.05, 0.1) is 25.8 Å². The van der Waals surface area contributed by atoms with Crippen LogP contribution in [0.15, 0.2) is 24.5 Å². The summed E-state index contributed by atoms with van der Waals surface area (Å²) < 4.78 is 1.22. The first-order valence-electron chi connectivity index (χ1n) is 6.86. The molecule has 1 N–H and O–H groups in total. The standard InChI is InChI=1S/C14H20N3/c1-2-13(10-15-6-1)17-8-3-12(4-9-17)14(17)5-7-16-11-14/h1-2,6,10,12,16H,3-5,7-9,11H2/q+1. The number of hydrogen-bond acceptors (Lipinski definition) is 2. The summed E-state index contributed by atoms with van der Waals surface area (Å²) in [5.74, 6) is 0.942. The van der Waals surface area contributed by atoms with Gasteiger partial charge in [-0.25, -0.2) is 0 Å². The van der Waals surface area contributed by atoms with Crippen LogP contribution in [0.2, 0.25) is 0 Å². The summed E-state index contributed by atoms with van der Waals surface area (Å²) in [7, 11) is 0. The molecule has 0 aliphatic carbocycles. The Morgan fingerprint density at radius 2 is 2.24 bits per heavy atom. The van der Waals surface area contributed by atoms with Crippen LogP contribution in [-0.2, 0) is 0 Å². The van der Waals surface area contributed by atoms with E-state index in [-0.39, 0.29) is 0 Å². The smallest absolute Gasteiger partial charge is 0.151 e. The lowest BCUT2D eigenvalue weighted by Gasteiger charge is -2.43. The van der Waals surface area contributed by atoms with E-state index in [1.54, 1.807) is 0 Å². The van der Waals surface area contributed by atoms with Gasteiger partial charge < -0.3 is 5.32 Å². The topological polar surface area (TPSA) is 24.9 Å². The van der Waals surface area contributed by atoms with Crippen molar-refractivity contribution in [1.82, 2.24) is 14.8 Å². The largest absolute Gasteiger partial charge is 0.311 e. The summed E-state index contributed by atoms with van der Waals surface area (Å²) >= 11 is 0. The molecule has 3 aliphatic rings. The Kier molecular flexibility index (Phi) is 1.95. The highest BCUT2D eigenvalue weighted by Crippen LogP contribution is 2.54. The van der Waals surface area contributed by atoms with Crippen LogP contribution in [0.4, 0.5) is 5.69 Å². The summed E-state index contributed by atoms with van der Waals surface area (Å²) in [5, 5.41) is 3.61. The van der Waals surface area contributed by atoms with Crippen LogP contribution in [0, 0.1) is 5.92 Å². The van der Waals surface area contributed by atoms with Crippen molar-refractivity contribution < 1.29 is 0 Å². The molecule has 1 unspecified atom stereocenters. The normalized spacial score (nSPS) is 43.6. The van der Waals surface area contributed by atoms with Crippen LogP contribution in [-0.4, -0.2) is 36.7 Å². The molecule has 90 valence electrons. The Balaban J connectivity index is 1.86. The van der Waals surface area contributed by atoms with Gasteiger partial charge in [0, 0.05) is 44.0 Å². The number of hydrogen-bond donors (Lipinski definition) is 1. The predicted octanol–water partition coefficient (Wildman–Crippen LogP) is 1.54. The number of nitrogens with one attached hydrogen (secondary N) is 1. The van der Waals surface area contributed by atoms with Gasteiger partial charge in [-0.15, -0.1) is 0 Å². The third-order valence-corrected chi connectivity index (χ3v) is 5.64. The van der Waals surface area contributed by atoms with Crippen molar-refractivity contribution in [3.63, 3.8) is 0 Å². The highest BCUT2D eigenvalue weighted by molar-refractivity contribution is 5.47. The highest BCUT2D eigenvalue weighted by Gasteiger charge is 2.66. The molecule has 0 amide bonds. The van der Waals surface area contributed by atoms with Gasteiger partial charge in [0.2, 0.25) is 0 Å². The number of pyridine rings is 1. The van der Waals surface area contributed by atoms with Gasteiger partial charge in [0.25, 0.3) is 0 Å². The molecule has 0 radical (unpaired) electrons. The highest BCUT2D eigenvalue weighted by atomic mass is 15.5. The molecule has 1 aromatic heterocycles. The van der Waals surface area contributed by atoms with E-state index in [4.69, 9.17) is 0 Å². The Bertz CT molecular complexity index is 414. The Labute approximate surface area is 102 Å². The lowest BCUT2D eigenvalue weighted by molar-refractivity contribution is 0.193. The molecule has 1 aromatic rings. The second-order valence-corrected chi connectivity index (χ2v) is 5.93. The summed E-state index contributed by atoms with van der Waals surface area (Å²) in [6.07, 6.45) is 8.18. The maximum Gasteiger partial charge on any atom is 0.151 e. The molecule has 3 fully saturated rings. The molecule has 0 saturated carbocycles. The van der Waals surface area contributed by atoms with E-state index < -0.39 is 0 Å². The maximum absolute atomic E-state index is 4.36. The number of piperidine rings is 1. The molecule has 2 bridgehead atoms. The van der Waals surface area contributed by atoms with Crippen LogP contribution in [0.1, 0.15) is 19.3 Å². The molecule has 1 atom stereocenters. The van der Waals surface area contributed by atoms with Crippen molar-refractivity contribution in [2.45, 2.75) is 24.8 Å². The quantitative estimate of drug-likeness (QED) is 0.740. The third kappa shape index (κ3) is 1.07. The first-order chi connectivity index (χ1) is 8.37. The van der Waals surface area contributed by atoms with Crippen LogP contribution >= 0.6 is 0 Å². The minimum absolute atomic E-state index is 0.503. The van der Waals surface area contributed by atoms with Crippen LogP contribution in [0.25, 0.3) is 0 Å². The third-order valence-electron chi connectivity index (χ3n) is 5.64. The fourth-order valence-corrected chi connectivity index (χ4v) is 4.87. The van der Waals surface area contributed by atoms with Gasteiger partial charge in [-0.05, 0) is 6.07 Å². The summed E-state index contributed by atoms with van der Waals surface area (Å²) in [6.45, 7) is 5.08. The second kappa shape index (κ2) is 3.30. The predicted molar refractivity (Wildman–Crippen MR) is 68.7 cm³/mol. The van der Waals surface area contributed by atoms with Crippen molar-refractivity contribution in [2.24, 2.45) is 5.92 Å². The fourth-order valence-electron chi connectivity index (χ4n) is 4.87. The van der Waals surface area contributed by atoms with Gasteiger partial charge in [-0.1, -0.05) is 0 Å². The van der Waals surface area contributed by atoms with Crippen molar-refractivity contribution >= 4 is 5.69 Å². The van der Waals surface area contributed by atoms with Gasteiger partial charge in [-0.3, -0.25) is 9.47 Å². The van der Waals surface area contributed by atoms with Gasteiger partial charge in [0.1, 0.15) is 5.54 Å². The molecule has 3 saturated heterocycles. The maximum atomic E-state index is 4.36. The molecule has 0 aromatic carbocycles. The van der Waals surface area contributed by atoms with Crippen LogP contribution in [0.3, 0.4) is 0 Å². The average molecular weight is 230 g/mol. The zero-order valence-corrected chi connectivity index (χ0v) is 10.2. The van der Waals surface area contributed by atoms with E-state index in [1.807, 2.05) is 6.20 Å². The minimum atomic E-state index is 0.503. The SMILES string of the molecule is c1cncc([N+]23CCC(CC2)C32CCNC2)c1. The lowest BCUT2D eigenvalue weighted by Crippen LogP contribution is -2.61. The molecule has 17 heavy (non-hydrogen) atoms. The summed E-state index contributed by atoms with van der Waals surface area (Å²) in [4.78, 5) is 4.36.